The summed E-state index contributed by atoms with van der Waals surface area (Å²) in [7, 11) is 0. The van der Waals surface area contributed by atoms with Crippen molar-refractivity contribution >= 4 is 45.1 Å². The Morgan fingerprint density at radius 3 is 2.79 bits per heavy atom. The zero-order chi connectivity index (χ0) is 20.5. The van der Waals surface area contributed by atoms with E-state index in [1.165, 1.54) is 18.3 Å². The molecule has 0 bridgehead atoms. The first kappa shape index (κ1) is 19.2. The SMILES string of the molecule is CCOC(=O)c1c(NC(=O)c2cc3ccccc3o2)sc2c1CCN(C(C)=O)C2. The maximum atomic E-state index is 12.8. The van der Waals surface area contributed by atoms with Gasteiger partial charge in [-0.3, -0.25) is 9.59 Å². The van der Waals surface area contributed by atoms with Crippen LogP contribution < -0.4 is 5.32 Å². The number of nitrogens with one attached hydrogen (secondary N) is 1. The number of carbonyl (C=O) groups is 3. The number of fused-ring (bicyclic) bond motifs is 2. The number of benzene rings is 1. The van der Waals surface area contributed by atoms with Gasteiger partial charge in [-0.1, -0.05) is 18.2 Å². The third-order valence-electron chi connectivity index (χ3n) is 4.86. The van der Waals surface area contributed by atoms with Crippen molar-refractivity contribution in [1.29, 1.82) is 0 Å². The second-order valence-corrected chi connectivity index (χ2v) is 7.83. The minimum absolute atomic E-state index is 0.0189. The molecule has 29 heavy (non-hydrogen) atoms. The van der Waals surface area contributed by atoms with Crippen LogP contribution in [0.1, 0.15) is 45.2 Å². The third-order valence-corrected chi connectivity index (χ3v) is 5.99. The number of amides is 2. The molecule has 3 heterocycles. The van der Waals surface area contributed by atoms with Gasteiger partial charge < -0.3 is 19.4 Å². The number of esters is 1. The molecule has 1 aliphatic heterocycles. The van der Waals surface area contributed by atoms with Crippen LogP contribution in [0.5, 0.6) is 0 Å². The zero-order valence-corrected chi connectivity index (χ0v) is 16.9. The summed E-state index contributed by atoms with van der Waals surface area (Å²) >= 11 is 1.30. The second kappa shape index (κ2) is 7.71. The molecule has 0 atom stereocenters. The van der Waals surface area contributed by atoms with Gasteiger partial charge in [0.05, 0.1) is 18.7 Å². The van der Waals surface area contributed by atoms with Gasteiger partial charge in [0, 0.05) is 23.7 Å². The number of rotatable bonds is 4. The van der Waals surface area contributed by atoms with Crippen LogP contribution in [0.15, 0.2) is 34.7 Å². The molecule has 2 amide bonds. The van der Waals surface area contributed by atoms with Gasteiger partial charge in [0.25, 0.3) is 5.91 Å². The van der Waals surface area contributed by atoms with Crippen LogP contribution in [0, 0.1) is 0 Å². The highest BCUT2D eigenvalue weighted by Crippen LogP contribution is 2.38. The van der Waals surface area contributed by atoms with Crippen molar-refractivity contribution in [2.45, 2.75) is 26.8 Å². The minimum Gasteiger partial charge on any atom is -0.462 e. The summed E-state index contributed by atoms with van der Waals surface area (Å²) in [6.07, 6.45) is 0.542. The molecule has 0 radical (unpaired) electrons. The number of hydrogen-bond donors (Lipinski definition) is 1. The third kappa shape index (κ3) is 3.63. The molecule has 0 spiro atoms. The molecule has 1 N–H and O–H groups in total. The summed E-state index contributed by atoms with van der Waals surface area (Å²) in [5, 5.41) is 4.06. The quantitative estimate of drug-likeness (QED) is 0.658. The van der Waals surface area contributed by atoms with Crippen LogP contribution in [0.25, 0.3) is 11.0 Å². The van der Waals surface area contributed by atoms with E-state index in [0.717, 1.165) is 15.8 Å². The summed E-state index contributed by atoms with van der Waals surface area (Å²) in [5.41, 5.74) is 1.83. The van der Waals surface area contributed by atoms with E-state index in [4.69, 9.17) is 9.15 Å². The van der Waals surface area contributed by atoms with Crippen molar-refractivity contribution in [1.82, 2.24) is 4.90 Å². The molecule has 1 aromatic carbocycles. The van der Waals surface area contributed by atoms with Crippen LogP contribution in [0.2, 0.25) is 0 Å². The van der Waals surface area contributed by atoms with Gasteiger partial charge in [-0.05, 0) is 31.0 Å². The standard InChI is InChI=1S/C21H20N2O5S/c1-3-27-21(26)18-14-8-9-23(12(2)24)11-17(14)29-20(18)22-19(25)16-10-13-6-4-5-7-15(13)28-16/h4-7,10H,3,8-9,11H2,1-2H3,(H,22,25). The van der Waals surface area contributed by atoms with E-state index in [2.05, 4.69) is 5.32 Å². The summed E-state index contributed by atoms with van der Waals surface area (Å²) in [4.78, 5) is 39.7. The maximum Gasteiger partial charge on any atom is 0.341 e. The van der Waals surface area contributed by atoms with Crippen LogP contribution in [-0.4, -0.2) is 35.8 Å². The van der Waals surface area contributed by atoms with Crippen molar-refractivity contribution < 1.29 is 23.5 Å². The van der Waals surface area contributed by atoms with Gasteiger partial charge in [-0.25, -0.2) is 4.79 Å². The number of para-hydroxylation sites is 1. The van der Waals surface area contributed by atoms with Crippen molar-refractivity contribution in [2.75, 3.05) is 18.5 Å². The number of furan rings is 1. The van der Waals surface area contributed by atoms with Crippen molar-refractivity contribution in [3.63, 3.8) is 0 Å². The average Bonchev–Trinajstić information content (AvgIpc) is 3.28. The fourth-order valence-electron chi connectivity index (χ4n) is 3.44. The largest absolute Gasteiger partial charge is 0.462 e. The van der Waals surface area contributed by atoms with Crippen LogP contribution in [0.3, 0.4) is 0 Å². The van der Waals surface area contributed by atoms with Crippen LogP contribution >= 0.6 is 11.3 Å². The Hall–Kier alpha value is -3.13. The predicted octanol–water partition coefficient (Wildman–Crippen LogP) is 3.83. The Morgan fingerprint density at radius 2 is 2.07 bits per heavy atom. The van der Waals surface area contributed by atoms with Gasteiger partial charge in [0.2, 0.25) is 5.91 Å². The molecule has 0 aliphatic carbocycles. The molecule has 8 heteroatoms. The molecule has 1 aliphatic rings. The van der Waals surface area contributed by atoms with Crippen molar-refractivity contribution in [2.24, 2.45) is 0 Å². The normalized spacial score (nSPS) is 13.2. The first-order valence-corrected chi connectivity index (χ1v) is 10.2. The molecule has 0 fully saturated rings. The summed E-state index contributed by atoms with van der Waals surface area (Å²) in [6.45, 7) is 4.45. The first-order valence-electron chi connectivity index (χ1n) is 9.35. The first-order chi connectivity index (χ1) is 14.0. The van der Waals surface area contributed by atoms with E-state index in [1.54, 1.807) is 24.0 Å². The highest BCUT2D eigenvalue weighted by molar-refractivity contribution is 7.17. The summed E-state index contributed by atoms with van der Waals surface area (Å²) < 4.78 is 10.8. The molecule has 0 saturated carbocycles. The number of hydrogen-bond acceptors (Lipinski definition) is 6. The number of thiophene rings is 1. The lowest BCUT2D eigenvalue weighted by atomic mass is 10.0. The fraction of sp³-hybridized carbons (Fsp3) is 0.286. The molecule has 3 aromatic rings. The van der Waals surface area contributed by atoms with E-state index in [0.29, 0.717) is 35.7 Å². The van der Waals surface area contributed by atoms with E-state index >= 15 is 0 Å². The lowest BCUT2D eigenvalue weighted by molar-refractivity contribution is -0.129. The molecule has 7 nitrogen and oxygen atoms in total. The molecular formula is C21H20N2O5S. The van der Waals surface area contributed by atoms with Gasteiger partial charge in [-0.15, -0.1) is 11.3 Å². The average molecular weight is 412 g/mol. The van der Waals surface area contributed by atoms with E-state index in [-0.39, 0.29) is 18.3 Å². The van der Waals surface area contributed by atoms with Crippen LogP contribution in [-0.2, 0) is 22.5 Å². The second-order valence-electron chi connectivity index (χ2n) is 6.72. The molecule has 150 valence electrons. The lowest BCUT2D eigenvalue weighted by Gasteiger charge is -2.25. The Kier molecular flexibility index (Phi) is 5.10. The Bertz CT molecular complexity index is 1080. The monoisotopic (exact) mass is 412 g/mol. The zero-order valence-electron chi connectivity index (χ0n) is 16.1. The highest BCUT2D eigenvalue weighted by Gasteiger charge is 2.30. The Balaban J connectivity index is 1.67. The highest BCUT2D eigenvalue weighted by atomic mass is 32.1. The number of anilines is 1. The van der Waals surface area contributed by atoms with Crippen molar-refractivity contribution in [3.8, 4) is 0 Å². The van der Waals surface area contributed by atoms with Gasteiger partial charge in [-0.2, -0.15) is 0 Å². The lowest BCUT2D eigenvalue weighted by Crippen LogP contribution is -2.34. The minimum atomic E-state index is -0.471. The van der Waals surface area contributed by atoms with E-state index in [1.807, 2.05) is 18.2 Å². The number of nitrogens with zero attached hydrogens (tertiary/aromatic N) is 1. The van der Waals surface area contributed by atoms with Gasteiger partial charge in [0.15, 0.2) is 5.76 Å². The Morgan fingerprint density at radius 1 is 1.28 bits per heavy atom. The summed E-state index contributed by atoms with van der Waals surface area (Å²) in [6, 6.07) is 9.02. The smallest absolute Gasteiger partial charge is 0.341 e. The Labute approximate surface area is 171 Å². The molecule has 0 unspecified atom stereocenters. The molecule has 2 aromatic heterocycles. The van der Waals surface area contributed by atoms with Crippen LogP contribution in [0.4, 0.5) is 5.00 Å². The van der Waals surface area contributed by atoms with Crippen molar-refractivity contribution in [3.05, 3.63) is 52.1 Å². The maximum absolute atomic E-state index is 12.8. The number of carbonyl (C=O) groups excluding carboxylic acids is 3. The predicted molar refractivity (Wildman–Crippen MR) is 109 cm³/mol. The molecule has 0 saturated heterocycles. The summed E-state index contributed by atoms with van der Waals surface area (Å²) in [5.74, 6) is -0.762. The van der Waals surface area contributed by atoms with Gasteiger partial charge in [0.1, 0.15) is 10.6 Å². The number of ether oxygens (including phenoxy) is 1. The fourth-order valence-corrected chi connectivity index (χ4v) is 4.68. The van der Waals surface area contributed by atoms with E-state index < -0.39 is 11.9 Å². The van der Waals surface area contributed by atoms with E-state index in [9.17, 15) is 14.4 Å². The topological polar surface area (TPSA) is 88.8 Å². The molecule has 4 rings (SSSR count). The van der Waals surface area contributed by atoms with Gasteiger partial charge >= 0.3 is 5.97 Å². The molecular weight excluding hydrogens is 392 g/mol.